The Morgan fingerprint density at radius 3 is 2.28 bits per heavy atom. The van der Waals surface area contributed by atoms with Gasteiger partial charge in [0, 0.05) is 34.8 Å². The van der Waals surface area contributed by atoms with Crippen LogP contribution in [0.25, 0.3) is 0 Å². The van der Waals surface area contributed by atoms with E-state index in [0.717, 1.165) is 16.7 Å². The molecule has 7 atom stereocenters. The molecule has 39 heavy (non-hydrogen) atoms. The van der Waals surface area contributed by atoms with Crippen molar-refractivity contribution in [1.82, 2.24) is 0 Å². The molecular formula is C32H48O6Si. The minimum absolute atomic E-state index is 0.0238. The molecule has 1 aromatic rings. The van der Waals surface area contributed by atoms with E-state index in [0.29, 0.717) is 31.3 Å². The molecule has 1 saturated heterocycles. The maximum atomic E-state index is 11.9. The van der Waals surface area contributed by atoms with Gasteiger partial charge < -0.3 is 29.2 Å². The van der Waals surface area contributed by atoms with Gasteiger partial charge in [-0.25, -0.2) is 0 Å². The largest absolute Gasteiger partial charge is 0.512 e. The molecule has 0 unspecified atom stereocenters. The number of hydrogen-bond donors (Lipinski definition) is 3. The zero-order valence-electron chi connectivity index (χ0n) is 25.2. The van der Waals surface area contributed by atoms with Gasteiger partial charge >= 0.3 is 0 Å². The molecule has 5 rings (SSSR count). The average molecular weight is 557 g/mol. The topological polar surface area (TPSA) is 88.4 Å². The second kappa shape index (κ2) is 9.26. The molecule has 0 amide bonds. The highest BCUT2D eigenvalue weighted by Crippen LogP contribution is 2.65. The maximum Gasteiger partial charge on any atom is 0.192 e. The van der Waals surface area contributed by atoms with E-state index < -0.39 is 49.4 Å². The van der Waals surface area contributed by atoms with Crippen molar-refractivity contribution in [2.45, 2.75) is 129 Å². The Kier molecular flexibility index (Phi) is 6.89. The van der Waals surface area contributed by atoms with E-state index in [1.807, 2.05) is 37.3 Å². The molecule has 4 aliphatic rings. The molecule has 216 valence electrons. The van der Waals surface area contributed by atoms with E-state index in [1.165, 1.54) is 0 Å². The highest BCUT2D eigenvalue weighted by atomic mass is 28.4. The summed E-state index contributed by atoms with van der Waals surface area (Å²) in [6, 6.07) is 9.91. The molecule has 0 radical (unpaired) electrons. The van der Waals surface area contributed by atoms with Crippen LogP contribution in [0.4, 0.5) is 0 Å². The number of allylic oxidation sites excluding steroid dienone is 1. The van der Waals surface area contributed by atoms with Crippen LogP contribution in [0.2, 0.25) is 18.1 Å². The minimum atomic E-state index is -2.17. The predicted molar refractivity (Wildman–Crippen MR) is 155 cm³/mol. The fourth-order valence-electron chi connectivity index (χ4n) is 7.35. The molecule has 6 nitrogen and oxygen atoms in total. The highest BCUT2D eigenvalue weighted by Gasteiger charge is 2.69. The molecule has 0 aromatic heterocycles. The summed E-state index contributed by atoms with van der Waals surface area (Å²) >= 11 is 0. The van der Waals surface area contributed by atoms with Crippen LogP contribution in [-0.2, 0) is 13.9 Å². The standard InChI is InChI=1S/C32H48O6Si/c1-19-21-17-25(35)31(7)24(34)16-15-22(33)26(31)27-32(30(21,5)6,18-23(19)38-39(8,9)29(2,3)4)37-28(36-27)20-13-11-10-12-14-20/h10-14,23-25,27-28,33-35H,15-18H2,1-9H3/t23-,24-,25-,27-,28-,31-,32+/m0/s1. The first-order chi connectivity index (χ1) is 18.0. The van der Waals surface area contributed by atoms with Crippen LogP contribution in [0.1, 0.15) is 86.0 Å². The minimum Gasteiger partial charge on any atom is -0.512 e. The molecular weight excluding hydrogens is 508 g/mol. The van der Waals surface area contributed by atoms with Gasteiger partial charge in [-0.2, -0.15) is 0 Å². The fourth-order valence-corrected chi connectivity index (χ4v) is 8.67. The molecule has 1 spiro atoms. The molecule has 2 bridgehead atoms. The van der Waals surface area contributed by atoms with E-state index in [2.05, 4.69) is 54.6 Å². The van der Waals surface area contributed by atoms with Gasteiger partial charge in [0.25, 0.3) is 0 Å². The van der Waals surface area contributed by atoms with E-state index >= 15 is 0 Å². The van der Waals surface area contributed by atoms with Gasteiger partial charge in [0.1, 0.15) is 11.7 Å². The van der Waals surface area contributed by atoms with Crippen molar-refractivity contribution >= 4 is 8.32 Å². The van der Waals surface area contributed by atoms with Gasteiger partial charge in [0.05, 0.1) is 24.1 Å². The summed E-state index contributed by atoms with van der Waals surface area (Å²) < 4.78 is 21.1. The number of aliphatic hydroxyl groups excluding tert-OH is 3. The van der Waals surface area contributed by atoms with Crippen molar-refractivity contribution in [3.05, 3.63) is 58.4 Å². The number of hydrogen-bond acceptors (Lipinski definition) is 6. The van der Waals surface area contributed by atoms with Crippen molar-refractivity contribution in [2.75, 3.05) is 0 Å². The third kappa shape index (κ3) is 4.14. The Morgan fingerprint density at radius 1 is 1.03 bits per heavy atom. The van der Waals surface area contributed by atoms with Crippen molar-refractivity contribution in [3.63, 3.8) is 0 Å². The van der Waals surface area contributed by atoms with Crippen LogP contribution in [0.15, 0.2) is 52.8 Å². The van der Waals surface area contributed by atoms with Gasteiger partial charge in [0.15, 0.2) is 14.6 Å². The third-order valence-electron chi connectivity index (χ3n) is 11.2. The highest BCUT2D eigenvalue weighted by molar-refractivity contribution is 6.74. The Bertz CT molecular complexity index is 1180. The smallest absolute Gasteiger partial charge is 0.192 e. The quantitative estimate of drug-likeness (QED) is 0.283. The van der Waals surface area contributed by atoms with Crippen LogP contribution in [-0.4, -0.2) is 53.7 Å². The van der Waals surface area contributed by atoms with Crippen LogP contribution < -0.4 is 0 Å². The van der Waals surface area contributed by atoms with E-state index in [1.54, 1.807) is 0 Å². The average Bonchev–Trinajstić information content (AvgIpc) is 3.22. The lowest BCUT2D eigenvalue weighted by Crippen LogP contribution is -2.65. The molecule has 3 aliphatic carbocycles. The Hall–Kier alpha value is -1.48. The predicted octanol–water partition coefficient (Wildman–Crippen LogP) is 6.71. The van der Waals surface area contributed by atoms with Gasteiger partial charge in [-0.15, -0.1) is 0 Å². The molecule has 2 fully saturated rings. The SMILES string of the molecule is CC1=C2C[C@H](O)[C@@]3(C)C(=C(O)CC[C@@H]3O)[C@@H]3O[C@H](c4ccccc4)O[C@@]3(C[C@@H]1O[Si](C)(C)C(C)(C)C)C2(C)C. The van der Waals surface area contributed by atoms with Gasteiger partial charge in [0.2, 0.25) is 0 Å². The van der Waals surface area contributed by atoms with Crippen molar-refractivity contribution in [3.8, 4) is 0 Å². The maximum absolute atomic E-state index is 11.9. The van der Waals surface area contributed by atoms with Gasteiger partial charge in [-0.3, -0.25) is 0 Å². The Labute approximate surface area is 235 Å². The Balaban J connectivity index is 1.75. The van der Waals surface area contributed by atoms with Crippen molar-refractivity contribution < 1.29 is 29.2 Å². The first-order valence-electron chi connectivity index (χ1n) is 14.5. The van der Waals surface area contributed by atoms with Gasteiger partial charge in [-0.05, 0) is 43.5 Å². The molecule has 1 aromatic carbocycles. The lowest BCUT2D eigenvalue weighted by molar-refractivity contribution is -0.151. The van der Waals surface area contributed by atoms with Gasteiger partial charge in [-0.1, -0.05) is 77.4 Å². The number of rotatable bonds is 3. The van der Waals surface area contributed by atoms with Crippen LogP contribution >= 0.6 is 0 Å². The lowest BCUT2D eigenvalue weighted by atomic mass is 9.51. The summed E-state index contributed by atoms with van der Waals surface area (Å²) in [5, 5.41) is 34.8. The summed E-state index contributed by atoms with van der Waals surface area (Å²) in [6.07, 6.45) is -1.56. The summed E-state index contributed by atoms with van der Waals surface area (Å²) in [7, 11) is -2.17. The summed E-state index contributed by atoms with van der Waals surface area (Å²) in [5.41, 5.74) is 1.26. The van der Waals surface area contributed by atoms with Crippen LogP contribution in [0.3, 0.4) is 0 Å². The first kappa shape index (κ1) is 29.0. The Morgan fingerprint density at radius 2 is 1.67 bits per heavy atom. The second-order valence-electron chi connectivity index (χ2n) is 14.5. The zero-order chi connectivity index (χ0) is 28.8. The number of ether oxygens (including phenoxy) is 2. The summed E-state index contributed by atoms with van der Waals surface area (Å²) in [6.45, 7) is 19.7. The molecule has 1 heterocycles. The summed E-state index contributed by atoms with van der Waals surface area (Å²) in [4.78, 5) is 0. The fraction of sp³-hybridized carbons (Fsp3) is 0.688. The number of benzene rings is 1. The van der Waals surface area contributed by atoms with E-state index in [-0.39, 0.29) is 16.9 Å². The monoisotopic (exact) mass is 556 g/mol. The lowest BCUT2D eigenvalue weighted by Gasteiger charge is -2.59. The second-order valence-corrected chi connectivity index (χ2v) is 19.3. The van der Waals surface area contributed by atoms with Crippen molar-refractivity contribution in [1.29, 1.82) is 0 Å². The number of aliphatic hydroxyl groups is 3. The molecule has 1 aliphatic heterocycles. The van der Waals surface area contributed by atoms with E-state index in [9.17, 15) is 15.3 Å². The summed E-state index contributed by atoms with van der Waals surface area (Å²) in [5.74, 6) is 0.205. The molecule has 1 saturated carbocycles. The van der Waals surface area contributed by atoms with E-state index in [4.69, 9.17) is 13.9 Å². The third-order valence-corrected chi connectivity index (χ3v) is 15.7. The normalized spacial score (nSPS) is 38.7. The number of fused-ring (bicyclic) bond motifs is 3. The van der Waals surface area contributed by atoms with Crippen LogP contribution in [0, 0.1) is 10.8 Å². The zero-order valence-corrected chi connectivity index (χ0v) is 26.2. The first-order valence-corrected chi connectivity index (χ1v) is 17.4. The van der Waals surface area contributed by atoms with Crippen LogP contribution in [0.5, 0.6) is 0 Å². The molecule has 3 N–H and O–H groups in total. The molecule has 7 heteroatoms. The van der Waals surface area contributed by atoms with Crippen molar-refractivity contribution in [2.24, 2.45) is 10.8 Å².